The summed E-state index contributed by atoms with van der Waals surface area (Å²) in [6.45, 7) is 0.245. The molecule has 4 saturated carbocycles. The van der Waals surface area contributed by atoms with Crippen LogP contribution in [0.4, 0.5) is 4.39 Å². The van der Waals surface area contributed by atoms with E-state index in [0.717, 1.165) is 37.0 Å². The van der Waals surface area contributed by atoms with Crippen molar-refractivity contribution in [3.63, 3.8) is 0 Å². The summed E-state index contributed by atoms with van der Waals surface area (Å²) in [6.07, 6.45) is 7.06. The first-order chi connectivity index (χ1) is 12.6. The van der Waals surface area contributed by atoms with Crippen LogP contribution in [0.15, 0.2) is 28.7 Å². The van der Waals surface area contributed by atoms with Gasteiger partial charge in [0.2, 0.25) is 17.7 Å². The molecule has 1 aromatic carbocycles. The van der Waals surface area contributed by atoms with E-state index in [0.29, 0.717) is 17.3 Å². The molecule has 6 heteroatoms. The summed E-state index contributed by atoms with van der Waals surface area (Å²) in [5.41, 5.74) is 0.492. The first-order valence-electron chi connectivity index (χ1n) is 9.46. The van der Waals surface area contributed by atoms with E-state index in [1.165, 1.54) is 31.4 Å². The molecule has 0 spiro atoms. The first kappa shape index (κ1) is 16.0. The van der Waals surface area contributed by atoms with Gasteiger partial charge in [-0.15, -0.1) is 10.2 Å². The van der Waals surface area contributed by atoms with Crippen molar-refractivity contribution in [3.05, 3.63) is 36.0 Å². The van der Waals surface area contributed by atoms with Gasteiger partial charge in [0.1, 0.15) is 5.82 Å². The zero-order chi connectivity index (χ0) is 17.7. The standard InChI is InChI=1S/C20H22FN3O2/c21-16-3-1-15(2-4-16)18-24-23-17(26-18)11-22-19(25)20-8-12-5-13(9-20)7-14(6-12)10-20/h1-4,12-14H,5-11H2,(H,22,25). The normalized spacial score (nSPS) is 32.0. The number of rotatable bonds is 4. The van der Waals surface area contributed by atoms with Gasteiger partial charge in [0, 0.05) is 11.0 Å². The van der Waals surface area contributed by atoms with Gasteiger partial charge >= 0.3 is 0 Å². The van der Waals surface area contributed by atoms with Crippen LogP contribution >= 0.6 is 0 Å². The summed E-state index contributed by atoms with van der Waals surface area (Å²) in [4.78, 5) is 12.9. The smallest absolute Gasteiger partial charge is 0.247 e. The van der Waals surface area contributed by atoms with Gasteiger partial charge < -0.3 is 9.73 Å². The summed E-state index contributed by atoms with van der Waals surface area (Å²) < 4.78 is 18.6. The lowest BCUT2D eigenvalue weighted by Gasteiger charge is -2.55. The third-order valence-electron chi connectivity index (χ3n) is 6.48. The Bertz CT molecular complexity index is 795. The van der Waals surface area contributed by atoms with E-state index in [2.05, 4.69) is 15.5 Å². The van der Waals surface area contributed by atoms with Crippen LogP contribution in [0.2, 0.25) is 0 Å². The number of hydrogen-bond acceptors (Lipinski definition) is 4. The van der Waals surface area contributed by atoms with Crippen LogP contribution in [-0.4, -0.2) is 16.1 Å². The molecule has 136 valence electrons. The highest BCUT2D eigenvalue weighted by atomic mass is 19.1. The SMILES string of the molecule is O=C(NCc1nnc(-c2ccc(F)cc2)o1)C12CC3CC(CC(C3)C1)C2. The second-order valence-electron chi connectivity index (χ2n) is 8.39. The highest BCUT2D eigenvalue weighted by molar-refractivity contribution is 5.83. The van der Waals surface area contributed by atoms with Gasteiger partial charge in [0.05, 0.1) is 6.54 Å². The molecule has 0 atom stereocenters. The summed E-state index contributed by atoms with van der Waals surface area (Å²) >= 11 is 0. The van der Waals surface area contributed by atoms with Crippen molar-refractivity contribution < 1.29 is 13.6 Å². The number of carbonyl (C=O) groups is 1. The topological polar surface area (TPSA) is 68.0 Å². The minimum absolute atomic E-state index is 0.151. The molecule has 1 N–H and O–H groups in total. The molecule has 6 rings (SSSR count). The predicted octanol–water partition coefficient (Wildman–Crippen LogP) is 3.71. The first-order valence-corrected chi connectivity index (χ1v) is 9.46. The zero-order valence-corrected chi connectivity index (χ0v) is 14.6. The second-order valence-corrected chi connectivity index (χ2v) is 8.39. The summed E-state index contributed by atoms with van der Waals surface area (Å²) in [7, 11) is 0. The fourth-order valence-electron chi connectivity index (χ4n) is 5.77. The number of amides is 1. The third-order valence-corrected chi connectivity index (χ3v) is 6.48. The number of carbonyl (C=O) groups excluding carboxylic acids is 1. The van der Waals surface area contributed by atoms with E-state index < -0.39 is 0 Å². The van der Waals surface area contributed by atoms with Gasteiger partial charge in [-0.05, 0) is 80.5 Å². The van der Waals surface area contributed by atoms with Gasteiger partial charge in [-0.3, -0.25) is 4.79 Å². The Balaban J connectivity index is 1.25. The molecule has 0 saturated heterocycles. The zero-order valence-electron chi connectivity index (χ0n) is 14.6. The van der Waals surface area contributed by atoms with Crippen molar-refractivity contribution in [1.29, 1.82) is 0 Å². The second kappa shape index (κ2) is 5.89. The Morgan fingerprint density at radius 3 is 2.31 bits per heavy atom. The number of halogens is 1. The van der Waals surface area contributed by atoms with E-state index in [1.807, 2.05) is 0 Å². The lowest BCUT2D eigenvalue weighted by atomic mass is 9.49. The summed E-state index contributed by atoms with van der Waals surface area (Å²) in [6, 6.07) is 5.91. The average Bonchev–Trinajstić information content (AvgIpc) is 3.08. The van der Waals surface area contributed by atoms with Crippen molar-refractivity contribution in [2.45, 2.75) is 45.1 Å². The Morgan fingerprint density at radius 1 is 1.08 bits per heavy atom. The lowest BCUT2D eigenvalue weighted by molar-refractivity contribution is -0.146. The minimum atomic E-state index is -0.309. The molecule has 0 unspecified atom stereocenters. The van der Waals surface area contributed by atoms with E-state index in [1.54, 1.807) is 12.1 Å². The molecule has 0 radical (unpaired) electrons. The minimum Gasteiger partial charge on any atom is -0.419 e. The van der Waals surface area contributed by atoms with Gasteiger partial charge in [0.25, 0.3) is 0 Å². The number of hydrogen-bond donors (Lipinski definition) is 1. The maximum atomic E-state index is 13.0. The molecule has 0 aliphatic heterocycles. The number of nitrogens with one attached hydrogen (secondary N) is 1. The fourth-order valence-corrected chi connectivity index (χ4v) is 5.77. The Labute approximate surface area is 151 Å². The van der Waals surface area contributed by atoms with Crippen LogP contribution in [0.3, 0.4) is 0 Å². The van der Waals surface area contributed by atoms with Crippen LogP contribution < -0.4 is 5.32 Å². The lowest BCUT2D eigenvalue weighted by Crippen LogP contribution is -2.53. The molecule has 1 heterocycles. The van der Waals surface area contributed by atoms with E-state index >= 15 is 0 Å². The van der Waals surface area contributed by atoms with E-state index in [-0.39, 0.29) is 23.7 Å². The van der Waals surface area contributed by atoms with Crippen LogP contribution in [-0.2, 0) is 11.3 Å². The molecule has 1 aromatic heterocycles. The van der Waals surface area contributed by atoms with E-state index in [4.69, 9.17) is 4.42 Å². The Morgan fingerprint density at radius 2 is 1.69 bits per heavy atom. The molecule has 4 bridgehead atoms. The molecule has 26 heavy (non-hydrogen) atoms. The molecule has 1 amide bonds. The monoisotopic (exact) mass is 355 g/mol. The quantitative estimate of drug-likeness (QED) is 0.908. The molecule has 5 nitrogen and oxygen atoms in total. The van der Waals surface area contributed by atoms with Gasteiger partial charge in [-0.25, -0.2) is 4.39 Å². The highest BCUT2D eigenvalue weighted by Gasteiger charge is 2.54. The maximum Gasteiger partial charge on any atom is 0.247 e. The van der Waals surface area contributed by atoms with Gasteiger partial charge in [-0.1, -0.05) is 0 Å². The largest absolute Gasteiger partial charge is 0.419 e. The maximum absolute atomic E-state index is 13.0. The number of nitrogens with zero attached hydrogens (tertiary/aromatic N) is 2. The van der Waals surface area contributed by atoms with Crippen molar-refractivity contribution in [3.8, 4) is 11.5 Å². The van der Waals surface area contributed by atoms with Crippen molar-refractivity contribution in [1.82, 2.24) is 15.5 Å². The Hall–Kier alpha value is -2.24. The number of aromatic nitrogens is 2. The van der Waals surface area contributed by atoms with Crippen molar-refractivity contribution >= 4 is 5.91 Å². The fraction of sp³-hybridized carbons (Fsp3) is 0.550. The average molecular weight is 355 g/mol. The number of benzene rings is 1. The van der Waals surface area contributed by atoms with E-state index in [9.17, 15) is 9.18 Å². The molecule has 4 aliphatic carbocycles. The summed E-state index contributed by atoms with van der Waals surface area (Å²) in [5, 5.41) is 11.0. The highest BCUT2D eigenvalue weighted by Crippen LogP contribution is 2.60. The van der Waals surface area contributed by atoms with Crippen LogP contribution in [0, 0.1) is 29.0 Å². The van der Waals surface area contributed by atoms with Crippen LogP contribution in [0.25, 0.3) is 11.5 Å². The molecule has 4 fully saturated rings. The van der Waals surface area contributed by atoms with Crippen molar-refractivity contribution in [2.75, 3.05) is 0 Å². The van der Waals surface area contributed by atoms with Crippen LogP contribution in [0.5, 0.6) is 0 Å². The Kier molecular flexibility index (Phi) is 3.62. The molecular weight excluding hydrogens is 333 g/mol. The molecular formula is C20H22FN3O2. The van der Waals surface area contributed by atoms with Crippen LogP contribution in [0.1, 0.15) is 44.4 Å². The third kappa shape index (κ3) is 2.72. The predicted molar refractivity (Wildman–Crippen MR) is 92.1 cm³/mol. The summed E-state index contributed by atoms with van der Waals surface area (Å²) in [5.74, 6) is 2.77. The molecule has 2 aromatic rings. The van der Waals surface area contributed by atoms with Crippen molar-refractivity contribution in [2.24, 2.45) is 23.2 Å². The molecule has 4 aliphatic rings. The van der Waals surface area contributed by atoms with Gasteiger partial charge in [0.15, 0.2) is 0 Å². The van der Waals surface area contributed by atoms with Gasteiger partial charge in [-0.2, -0.15) is 0 Å².